The van der Waals surface area contributed by atoms with Gasteiger partial charge in [-0.15, -0.1) is 0 Å². The summed E-state index contributed by atoms with van der Waals surface area (Å²) < 4.78 is 6.95. The Morgan fingerprint density at radius 3 is 2.80 bits per heavy atom. The molecule has 25 heavy (non-hydrogen) atoms. The summed E-state index contributed by atoms with van der Waals surface area (Å²) in [5, 5.41) is 0. The molecule has 0 atom stereocenters. The maximum absolute atomic E-state index is 13.1. The number of fused-ring (bicyclic) bond motifs is 2. The first kappa shape index (κ1) is 16.6. The summed E-state index contributed by atoms with van der Waals surface area (Å²) in [6.45, 7) is 6.57. The van der Waals surface area contributed by atoms with E-state index in [9.17, 15) is 9.59 Å². The van der Waals surface area contributed by atoms with Gasteiger partial charge >= 0.3 is 0 Å². The van der Waals surface area contributed by atoms with Gasteiger partial charge in [-0.1, -0.05) is 29.8 Å². The molecule has 5 heteroatoms. The molecule has 0 spiro atoms. The van der Waals surface area contributed by atoms with Gasteiger partial charge in [0, 0.05) is 35.1 Å². The third-order valence-electron chi connectivity index (χ3n) is 5.15. The number of rotatable bonds is 1. The van der Waals surface area contributed by atoms with E-state index in [-0.39, 0.29) is 17.1 Å². The summed E-state index contributed by atoms with van der Waals surface area (Å²) >= 11 is 3.47. The van der Waals surface area contributed by atoms with Crippen molar-refractivity contribution >= 4 is 33.3 Å². The van der Waals surface area contributed by atoms with Crippen LogP contribution in [0.2, 0.25) is 0 Å². The molecular weight excluding hydrogens is 382 g/mol. The molecule has 130 valence electrons. The van der Waals surface area contributed by atoms with E-state index < -0.39 is 0 Å². The van der Waals surface area contributed by atoms with Crippen molar-refractivity contribution in [3.63, 3.8) is 0 Å². The molecule has 1 aliphatic heterocycles. The van der Waals surface area contributed by atoms with Crippen LogP contribution in [0, 0.1) is 12.3 Å². The second kappa shape index (κ2) is 5.56. The van der Waals surface area contributed by atoms with Crippen LogP contribution in [0.4, 0.5) is 5.69 Å². The minimum absolute atomic E-state index is 0.0808. The summed E-state index contributed by atoms with van der Waals surface area (Å²) in [5.74, 6) is 0.903. The normalized spacial score (nSPS) is 18.2. The van der Waals surface area contributed by atoms with Crippen molar-refractivity contribution < 1.29 is 14.0 Å². The lowest BCUT2D eigenvalue weighted by Gasteiger charge is -2.27. The van der Waals surface area contributed by atoms with Crippen molar-refractivity contribution in [2.75, 3.05) is 11.4 Å². The lowest BCUT2D eigenvalue weighted by Crippen LogP contribution is -2.29. The Morgan fingerprint density at radius 1 is 1.28 bits per heavy atom. The Balaban J connectivity index is 1.73. The maximum Gasteiger partial charge on any atom is 0.294 e. The van der Waals surface area contributed by atoms with Crippen LogP contribution < -0.4 is 4.90 Å². The highest BCUT2D eigenvalue weighted by Gasteiger charge is 2.38. The molecule has 1 amide bonds. The Labute approximate surface area is 155 Å². The molecule has 2 aromatic rings. The molecule has 0 saturated heterocycles. The average molecular weight is 402 g/mol. The van der Waals surface area contributed by atoms with Gasteiger partial charge in [0.25, 0.3) is 5.91 Å². The minimum atomic E-state index is -0.154. The Kier molecular flexibility index (Phi) is 3.69. The molecule has 0 bridgehead atoms. The van der Waals surface area contributed by atoms with Gasteiger partial charge in [-0.05, 0) is 42.5 Å². The number of carbonyl (C=O) groups is 2. The predicted octanol–water partition coefficient (Wildman–Crippen LogP) is 4.71. The van der Waals surface area contributed by atoms with E-state index in [1.165, 1.54) is 0 Å². The molecule has 2 heterocycles. The number of furan rings is 1. The summed E-state index contributed by atoms with van der Waals surface area (Å²) in [4.78, 5) is 27.4. The molecule has 1 aromatic carbocycles. The Hall–Kier alpha value is -1.88. The van der Waals surface area contributed by atoms with E-state index in [4.69, 9.17) is 4.42 Å². The Bertz CT molecular complexity index is 910. The number of halogens is 1. The zero-order valence-corrected chi connectivity index (χ0v) is 16.2. The molecule has 0 saturated carbocycles. The van der Waals surface area contributed by atoms with E-state index in [0.717, 1.165) is 22.1 Å². The SMILES string of the molecule is Cc1c(C(=O)N2CCc3cc(Br)ccc32)oc2c1C(=O)CC(C)(C)C2. The van der Waals surface area contributed by atoms with Gasteiger partial charge in [-0.3, -0.25) is 9.59 Å². The zero-order chi connectivity index (χ0) is 17.9. The monoisotopic (exact) mass is 401 g/mol. The number of hydrogen-bond donors (Lipinski definition) is 0. The van der Waals surface area contributed by atoms with E-state index in [0.29, 0.717) is 42.0 Å². The summed E-state index contributed by atoms with van der Waals surface area (Å²) in [7, 11) is 0. The minimum Gasteiger partial charge on any atom is -0.455 e. The van der Waals surface area contributed by atoms with Crippen LogP contribution in [0.25, 0.3) is 0 Å². The van der Waals surface area contributed by atoms with Gasteiger partial charge < -0.3 is 9.32 Å². The molecule has 0 fully saturated rings. The second-order valence-corrected chi connectivity index (χ2v) is 8.69. The second-order valence-electron chi connectivity index (χ2n) is 7.78. The van der Waals surface area contributed by atoms with Crippen molar-refractivity contribution in [3.8, 4) is 0 Å². The molecule has 0 unspecified atom stereocenters. The van der Waals surface area contributed by atoms with Gasteiger partial charge in [-0.25, -0.2) is 0 Å². The molecular formula is C20H20BrNO3. The van der Waals surface area contributed by atoms with Crippen LogP contribution in [-0.4, -0.2) is 18.2 Å². The smallest absolute Gasteiger partial charge is 0.294 e. The molecule has 4 nitrogen and oxygen atoms in total. The lowest BCUT2D eigenvalue weighted by molar-refractivity contribution is 0.0896. The standard InChI is InChI=1S/C20H20BrNO3/c1-11-17-15(23)9-20(2,3)10-16(17)25-18(11)19(24)22-7-6-12-8-13(21)4-5-14(12)22/h4-5,8H,6-7,9-10H2,1-3H3. The van der Waals surface area contributed by atoms with Crippen molar-refractivity contribution in [2.24, 2.45) is 5.41 Å². The number of hydrogen-bond acceptors (Lipinski definition) is 3. The molecule has 4 rings (SSSR count). The number of ketones is 1. The average Bonchev–Trinajstić information content (AvgIpc) is 3.06. The molecule has 0 radical (unpaired) electrons. The number of carbonyl (C=O) groups excluding carboxylic acids is 2. The van der Waals surface area contributed by atoms with Crippen LogP contribution in [0.1, 0.15) is 58.1 Å². The summed E-state index contributed by atoms with van der Waals surface area (Å²) in [6.07, 6.45) is 2.01. The van der Waals surface area contributed by atoms with E-state index >= 15 is 0 Å². The third kappa shape index (κ3) is 2.65. The summed E-state index contributed by atoms with van der Waals surface area (Å²) in [6, 6.07) is 5.95. The number of nitrogens with zero attached hydrogens (tertiary/aromatic N) is 1. The number of amides is 1. The van der Waals surface area contributed by atoms with Gasteiger partial charge in [0.1, 0.15) is 5.76 Å². The first-order chi connectivity index (χ1) is 11.8. The lowest BCUT2D eigenvalue weighted by atomic mass is 9.76. The molecule has 2 aliphatic rings. The summed E-state index contributed by atoms with van der Waals surface area (Å²) in [5.41, 5.74) is 3.26. The van der Waals surface area contributed by atoms with Crippen LogP contribution >= 0.6 is 15.9 Å². The highest BCUT2D eigenvalue weighted by Crippen LogP contribution is 2.39. The fourth-order valence-corrected chi connectivity index (χ4v) is 4.40. The van der Waals surface area contributed by atoms with Gasteiger partial charge in [0.05, 0.1) is 5.56 Å². The highest BCUT2D eigenvalue weighted by atomic mass is 79.9. The molecule has 1 aliphatic carbocycles. The van der Waals surface area contributed by atoms with Crippen LogP contribution in [0.15, 0.2) is 27.1 Å². The van der Waals surface area contributed by atoms with Gasteiger partial charge in [0.2, 0.25) is 0 Å². The predicted molar refractivity (Wildman–Crippen MR) is 99.4 cm³/mol. The molecule has 0 N–H and O–H groups in total. The maximum atomic E-state index is 13.1. The van der Waals surface area contributed by atoms with Crippen LogP contribution in [0.3, 0.4) is 0 Å². The van der Waals surface area contributed by atoms with E-state index in [1.54, 1.807) is 4.90 Å². The topological polar surface area (TPSA) is 50.5 Å². The van der Waals surface area contributed by atoms with Crippen molar-refractivity contribution in [3.05, 3.63) is 50.9 Å². The quantitative estimate of drug-likeness (QED) is 0.694. The van der Waals surface area contributed by atoms with Crippen LogP contribution in [-0.2, 0) is 12.8 Å². The largest absolute Gasteiger partial charge is 0.455 e. The van der Waals surface area contributed by atoms with Gasteiger partial charge in [0.15, 0.2) is 11.5 Å². The van der Waals surface area contributed by atoms with Crippen molar-refractivity contribution in [1.82, 2.24) is 0 Å². The first-order valence-corrected chi connectivity index (χ1v) is 9.32. The first-order valence-electron chi connectivity index (χ1n) is 8.52. The number of benzene rings is 1. The van der Waals surface area contributed by atoms with E-state index in [1.807, 2.05) is 19.1 Å². The fourth-order valence-electron chi connectivity index (χ4n) is 3.99. The zero-order valence-electron chi connectivity index (χ0n) is 14.6. The highest BCUT2D eigenvalue weighted by molar-refractivity contribution is 9.10. The van der Waals surface area contributed by atoms with Crippen LogP contribution in [0.5, 0.6) is 0 Å². The number of anilines is 1. The molecule has 1 aromatic heterocycles. The van der Waals surface area contributed by atoms with Crippen molar-refractivity contribution in [2.45, 2.75) is 40.0 Å². The van der Waals surface area contributed by atoms with E-state index in [2.05, 4.69) is 35.8 Å². The third-order valence-corrected chi connectivity index (χ3v) is 5.65. The Morgan fingerprint density at radius 2 is 2.04 bits per heavy atom. The fraction of sp³-hybridized carbons (Fsp3) is 0.400. The number of Topliss-reactive ketones (excluding diaryl/α,β-unsaturated/α-hetero) is 1. The van der Waals surface area contributed by atoms with Crippen molar-refractivity contribution in [1.29, 1.82) is 0 Å². The van der Waals surface area contributed by atoms with Gasteiger partial charge in [-0.2, -0.15) is 0 Å².